The molecule has 0 amide bonds. The molecule has 82 valence electrons. The zero-order valence-corrected chi connectivity index (χ0v) is 10.1. The molecule has 0 fully saturated rings. The van der Waals surface area contributed by atoms with Crippen molar-refractivity contribution in [3.05, 3.63) is 35.4 Å². The first kappa shape index (κ1) is 11.0. The molecule has 0 spiro atoms. The number of hydrogen-bond donors (Lipinski definition) is 1. The number of nitrogens with two attached hydrogens (primary N) is 1. The van der Waals surface area contributed by atoms with Gasteiger partial charge in [0.15, 0.2) is 0 Å². The summed E-state index contributed by atoms with van der Waals surface area (Å²) in [6.45, 7) is 3.09. The number of hydrogen-bond acceptors (Lipinski definition) is 2. The second-order valence-electron chi connectivity index (χ2n) is 4.32. The van der Waals surface area contributed by atoms with Gasteiger partial charge in [0.1, 0.15) is 0 Å². The average Bonchev–Trinajstić information content (AvgIpc) is 2.20. The molecule has 2 rings (SSSR count). The van der Waals surface area contributed by atoms with Crippen molar-refractivity contribution < 1.29 is 0 Å². The summed E-state index contributed by atoms with van der Waals surface area (Å²) < 4.78 is 0. The molecule has 2 atom stereocenters. The van der Waals surface area contributed by atoms with E-state index in [1.54, 1.807) is 11.1 Å². The van der Waals surface area contributed by atoms with Crippen LogP contribution in [-0.4, -0.2) is 17.5 Å². The summed E-state index contributed by atoms with van der Waals surface area (Å²) in [5.74, 6) is 2.06. The second kappa shape index (κ2) is 5.04. The minimum absolute atomic E-state index is 0.711. The Kier molecular flexibility index (Phi) is 3.71. The Morgan fingerprint density at radius 1 is 1.47 bits per heavy atom. The van der Waals surface area contributed by atoms with E-state index in [9.17, 15) is 0 Å². The lowest BCUT2D eigenvalue weighted by atomic mass is 9.79. The normalized spacial score (nSPS) is 20.5. The van der Waals surface area contributed by atoms with Crippen molar-refractivity contribution in [2.24, 2.45) is 5.73 Å². The highest BCUT2D eigenvalue weighted by Gasteiger charge is 2.25. The van der Waals surface area contributed by atoms with Gasteiger partial charge in [0, 0.05) is 11.0 Å². The van der Waals surface area contributed by atoms with Gasteiger partial charge in [-0.05, 0) is 36.4 Å². The van der Waals surface area contributed by atoms with Crippen LogP contribution >= 0.6 is 11.8 Å². The van der Waals surface area contributed by atoms with Gasteiger partial charge in [0.25, 0.3) is 0 Å². The first-order valence-corrected chi connectivity index (χ1v) is 6.75. The van der Waals surface area contributed by atoms with Gasteiger partial charge in [0.2, 0.25) is 0 Å². The predicted molar refractivity (Wildman–Crippen MR) is 68.5 cm³/mol. The van der Waals surface area contributed by atoms with Crippen molar-refractivity contribution in [1.29, 1.82) is 0 Å². The highest BCUT2D eigenvalue weighted by molar-refractivity contribution is 7.99. The summed E-state index contributed by atoms with van der Waals surface area (Å²) in [6.07, 6.45) is 2.41. The first-order chi connectivity index (χ1) is 7.31. The third kappa shape index (κ3) is 2.56. The topological polar surface area (TPSA) is 26.0 Å². The lowest BCUT2D eigenvalue weighted by molar-refractivity contribution is 0.674. The number of rotatable bonds is 5. The van der Waals surface area contributed by atoms with E-state index >= 15 is 0 Å². The standard InChI is InChI=1S/C13H19NS/c1-10(6-7-14)15-9-12-8-11-4-2-3-5-13(11)12/h2-5,10,12H,6-9,14H2,1H3. The molecular weight excluding hydrogens is 202 g/mol. The molecule has 1 aromatic carbocycles. The fourth-order valence-electron chi connectivity index (χ4n) is 2.11. The van der Waals surface area contributed by atoms with Crippen LogP contribution in [0.25, 0.3) is 0 Å². The molecule has 0 aliphatic heterocycles. The van der Waals surface area contributed by atoms with Crippen molar-refractivity contribution in [3.8, 4) is 0 Å². The summed E-state index contributed by atoms with van der Waals surface area (Å²) in [5, 5.41) is 0.711. The lowest BCUT2D eigenvalue weighted by Gasteiger charge is -2.30. The minimum atomic E-state index is 0.711. The van der Waals surface area contributed by atoms with Gasteiger partial charge < -0.3 is 5.73 Å². The van der Waals surface area contributed by atoms with Crippen LogP contribution in [0.15, 0.2) is 24.3 Å². The van der Waals surface area contributed by atoms with Gasteiger partial charge in [-0.25, -0.2) is 0 Å². The molecule has 2 unspecified atom stereocenters. The van der Waals surface area contributed by atoms with Crippen LogP contribution < -0.4 is 5.73 Å². The Bertz CT molecular complexity index is 324. The molecule has 2 heteroatoms. The third-order valence-electron chi connectivity index (χ3n) is 3.12. The molecule has 0 aromatic heterocycles. The second-order valence-corrected chi connectivity index (χ2v) is 5.79. The van der Waals surface area contributed by atoms with Crippen molar-refractivity contribution in [1.82, 2.24) is 0 Å². The molecule has 0 radical (unpaired) electrons. The molecule has 1 nitrogen and oxygen atoms in total. The molecular formula is C13H19NS. The van der Waals surface area contributed by atoms with E-state index in [1.165, 1.54) is 12.2 Å². The molecule has 1 aliphatic carbocycles. The quantitative estimate of drug-likeness (QED) is 0.827. The van der Waals surface area contributed by atoms with Crippen LogP contribution in [0.1, 0.15) is 30.4 Å². The van der Waals surface area contributed by atoms with E-state index in [0.29, 0.717) is 5.25 Å². The largest absolute Gasteiger partial charge is 0.330 e. The molecule has 1 aliphatic rings. The van der Waals surface area contributed by atoms with E-state index in [1.807, 2.05) is 0 Å². The maximum Gasteiger partial charge on any atom is 0.00309 e. The monoisotopic (exact) mass is 221 g/mol. The first-order valence-electron chi connectivity index (χ1n) is 5.70. The summed E-state index contributed by atoms with van der Waals surface area (Å²) in [6, 6.07) is 8.82. The van der Waals surface area contributed by atoms with Crippen LogP contribution in [0.3, 0.4) is 0 Å². The average molecular weight is 221 g/mol. The Balaban J connectivity index is 1.80. The van der Waals surface area contributed by atoms with Crippen LogP contribution in [0.5, 0.6) is 0 Å². The fraction of sp³-hybridized carbons (Fsp3) is 0.538. The smallest absolute Gasteiger partial charge is 0.00309 e. The van der Waals surface area contributed by atoms with E-state index in [-0.39, 0.29) is 0 Å². The summed E-state index contributed by atoms with van der Waals surface area (Å²) in [7, 11) is 0. The van der Waals surface area contributed by atoms with Gasteiger partial charge in [0.05, 0.1) is 0 Å². The molecule has 0 saturated carbocycles. The Morgan fingerprint density at radius 2 is 2.27 bits per heavy atom. The lowest BCUT2D eigenvalue weighted by Crippen LogP contribution is -2.20. The van der Waals surface area contributed by atoms with E-state index in [2.05, 4.69) is 43.0 Å². The Labute approximate surface area is 96.4 Å². The fourth-order valence-corrected chi connectivity index (χ4v) is 3.27. The molecule has 15 heavy (non-hydrogen) atoms. The zero-order chi connectivity index (χ0) is 10.7. The zero-order valence-electron chi connectivity index (χ0n) is 9.28. The van der Waals surface area contributed by atoms with Crippen LogP contribution in [0.2, 0.25) is 0 Å². The van der Waals surface area contributed by atoms with Gasteiger partial charge in [-0.3, -0.25) is 0 Å². The predicted octanol–water partition coefficient (Wildman–Crippen LogP) is 2.80. The SMILES string of the molecule is CC(CCN)SCC1Cc2ccccc21. The number of fused-ring (bicyclic) bond motifs is 1. The van der Waals surface area contributed by atoms with Gasteiger partial charge in [-0.15, -0.1) is 0 Å². The van der Waals surface area contributed by atoms with E-state index in [0.717, 1.165) is 18.9 Å². The van der Waals surface area contributed by atoms with Gasteiger partial charge >= 0.3 is 0 Å². The van der Waals surface area contributed by atoms with Crippen molar-refractivity contribution in [2.75, 3.05) is 12.3 Å². The summed E-state index contributed by atoms with van der Waals surface area (Å²) in [4.78, 5) is 0. The highest BCUT2D eigenvalue weighted by atomic mass is 32.2. The maximum absolute atomic E-state index is 5.55. The van der Waals surface area contributed by atoms with Crippen molar-refractivity contribution in [3.63, 3.8) is 0 Å². The molecule has 0 heterocycles. The van der Waals surface area contributed by atoms with Gasteiger partial charge in [-0.2, -0.15) is 11.8 Å². The summed E-state index contributed by atoms with van der Waals surface area (Å²) >= 11 is 2.07. The van der Waals surface area contributed by atoms with Crippen molar-refractivity contribution in [2.45, 2.75) is 30.9 Å². The van der Waals surface area contributed by atoms with Crippen LogP contribution in [0.4, 0.5) is 0 Å². The third-order valence-corrected chi connectivity index (χ3v) is 4.52. The Morgan fingerprint density at radius 3 is 3.00 bits per heavy atom. The highest BCUT2D eigenvalue weighted by Crippen LogP contribution is 2.37. The van der Waals surface area contributed by atoms with Crippen molar-refractivity contribution >= 4 is 11.8 Å². The van der Waals surface area contributed by atoms with Crippen LogP contribution in [-0.2, 0) is 6.42 Å². The van der Waals surface area contributed by atoms with Crippen LogP contribution in [0, 0.1) is 0 Å². The molecule has 1 aromatic rings. The molecule has 2 N–H and O–H groups in total. The number of benzene rings is 1. The maximum atomic E-state index is 5.55. The molecule has 0 bridgehead atoms. The summed E-state index contributed by atoms with van der Waals surface area (Å²) in [5.41, 5.74) is 8.67. The van der Waals surface area contributed by atoms with E-state index < -0.39 is 0 Å². The molecule has 0 saturated heterocycles. The minimum Gasteiger partial charge on any atom is -0.330 e. The number of thioether (sulfide) groups is 1. The van der Waals surface area contributed by atoms with Gasteiger partial charge in [-0.1, -0.05) is 31.2 Å². The van der Waals surface area contributed by atoms with E-state index in [4.69, 9.17) is 5.73 Å². The Hall–Kier alpha value is -0.470.